The van der Waals surface area contributed by atoms with E-state index in [9.17, 15) is 4.39 Å². The number of H-pyrrole nitrogens is 1. The molecule has 2 aromatic heterocycles. The topological polar surface area (TPSA) is 31.9 Å². The summed E-state index contributed by atoms with van der Waals surface area (Å²) < 4.78 is 13.0. The molecule has 1 saturated heterocycles. The second-order valence-electron chi connectivity index (χ2n) is 6.31. The number of nitrogens with zero attached hydrogens (tertiary/aromatic N) is 2. The fraction of sp³-hybridized carbons (Fsp3) is 0.190. The van der Waals surface area contributed by atoms with Crippen molar-refractivity contribution in [2.45, 2.75) is 12.8 Å². The Balaban J connectivity index is 1.54. The van der Waals surface area contributed by atoms with Gasteiger partial charge >= 0.3 is 0 Å². The fourth-order valence-electron chi connectivity index (χ4n) is 3.16. The lowest BCUT2D eigenvalue weighted by Gasteiger charge is -2.14. The van der Waals surface area contributed by atoms with E-state index in [1.165, 1.54) is 30.8 Å². The van der Waals surface area contributed by atoms with Crippen LogP contribution in [0.3, 0.4) is 0 Å². The van der Waals surface area contributed by atoms with Gasteiger partial charge < -0.3 is 9.88 Å². The van der Waals surface area contributed by atoms with E-state index in [4.69, 9.17) is 0 Å². The van der Waals surface area contributed by atoms with Gasteiger partial charge in [-0.3, -0.25) is 4.98 Å². The number of anilines is 1. The van der Waals surface area contributed by atoms with Crippen molar-refractivity contribution in [3.63, 3.8) is 0 Å². The lowest BCUT2D eigenvalue weighted by molar-refractivity contribution is 0.628. The summed E-state index contributed by atoms with van der Waals surface area (Å²) in [7, 11) is 0. The van der Waals surface area contributed by atoms with Crippen molar-refractivity contribution in [2.24, 2.45) is 0 Å². The number of rotatable bonds is 4. The number of halogens is 1. The van der Waals surface area contributed by atoms with E-state index in [1.54, 1.807) is 12.1 Å². The van der Waals surface area contributed by atoms with E-state index in [-0.39, 0.29) is 5.82 Å². The number of aromatic nitrogens is 2. The summed E-state index contributed by atoms with van der Waals surface area (Å²) in [5.41, 5.74) is 4.03. The van der Waals surface area contributed by atoms with E-state index < -0.39 is 0 Å². The molecule has 0 aliphatic carbocycles. The lowest BCUT2D eigenvalue weighted by atomic mass is 10.1. The highest BCUT2D eigenvalue weighted by Gasteiger charge is 2.14. The molecule has 1 fully saturated rings. The summed E-state index contributed by atoms with van der Waals surface area (Å²) >= 11 is 0. The van der Waals surface area contributed by atoms with Crippen LogP contribution >= 0.6 is 0 Å². The molecule has 4 rings (SSSR count). The van der Waals surface area contributed by atoms with Crippen molar-refractivity contribution in [3.8, 4) is 11.3 Å². The minimum absolute atomic E-state index is 0.224. The molecular weight excluding hydrogens is 313 g/mol. The molecule has 0 atom stereocenters. The second-order valence-corrected chi connectivity index (χ2v) is 6.31. The average molecular weight is 333 g/mol. The molecule has 1 aliphatic rings. The molecule has 3 aromatic rings. The van der Waals surface area contributed by atoms with Crippen molar-refractivity contribution < 1.29 is 4.39 Å². The van der Waals surface area contributed by atoms with Crippen LogP contribution in [0, 0.1) is 5.82 Å². The van der Waals surface area contributed by atoms with Gasteiger partial charge in [0.1, 0.15) is 11.6 Å². The first-order valence-electron chi connectivity index (χ1n) is 8.62. The predicted molar refractivity (Wildman–Crippen MR) is 101 cm³/mol. The Labute approximate surface area is 146 Å². The highest BCUT2D eigenvalue weighted by molar-refractivity contribution is 5.71. The van der Waals surface area contributed by atoms with Crippen molar-refractivity contribution in [1.29, 1.82) is 0 Å². The SMILES string of the molecule is Fc1ccc(/C=C/c2cc(-c3ccc(N4CCCC4)[nH]3)ccn2)cc1. The van der Waals surface area contributed by atoms with E-state index in [1.807, 2.05) is 24.4 Å². The third-order valence-corrected chi connectivity index (χ3v) is 4.53. The Kier molecular flexibility index (Phi) is 4.34. The Hall–Kier alpha value is -2.88. The second kappa shape index (κ2) is 6.93. The Morgan fingerprint density at radius 2 is 1.76 bits per heavy atom. The molecule has 1 N–H and O–H groups in total. The van der Waals surface area contributed by atoms with Crippen molar-refractivity contribution in [3.05, 3.63) is 71.8 Å². The Morgan fingerprint density at radius 3 is 2.56 bits per heavy atom. The fourth-order valence-corrected chi connectivity index (χ4v) is 3.16. The quantitative estimate of drug-likeness (QED) is 0.730. The lowest BCUT2D eigenvalue weighted by Crippen LogP contribution is -2.17. The Morgan fingerprint density at radius 1 is 0.960 bits per heavy atom. The van der Waals surface area contributed by atoms with Crippen molar-refractivity contribution in [2.75, 3.05) is 18.0 Å². The number of aromatic amines is 1. The van der Waals surface area contributed by atoms with Gasteiger partial charge in [-0.15, -0.1) is 0 Å². The maximum absolute atomic E-state index is 13.0. The van der Waals surface area contributed by atoms with Gasteiger partial charge in [0.05, 0.1) is 5.69 Å². The molecule has 0 unspecified atom stereocenters. The van der Waals surface area contributed by atoms with E-state index in [0.717, 1.165) is 35.6 Å². The largest absolute Gasteiger partial charge is 0.358 e. The van der Waals surface area contributed by atoms with Crippen LogP contribution in [0.1, 0.15) is 24.1 Å². The smallest absolute Gasteiger partial charge is 0.123 e. The van der Waals surface area contributed by atoms with Gasteiger partial charge in [-0.25, -0.2) is 4.39 Å². The first-order chi connectivity index (χ1) is 12.3. The zero-order valence-corrected chi connectivity index (χ0v) is 14.0. The van der Waals surface area contributed by atoms with Crippen LogP contribution in [0.25, 0.3) is 23.4 Å². The minimum atomic E-state index is -0.224. The first-order valence-corrected chi connectivity index (χ1v) is 8.62. The number of hydrogen-bond donors (Lipinski definition) is 1. The third kappa shape index (κ3) is 3.63. The number of benzene rings is 1. The van der Waals surface area contributed by atoms with Gasteiger partial charge in [0.15, 0.2) is 0 Å². The molecule has 126 valence electrons. The molecule has 25 heavy (non-hydrogen) atoms. The van der Waals surface area contributed by atoms with Crippen LogP contribution in [0.15, 0.2) is 54.7 Å². The van der Waals surface area contributed by atoms with Crippen LogP contribution in [-0.2, 0) is 0 Å². The van der Waals surface area contributed by atoms with E-state index in [2.05, 4.69) is 33.1 Å². The minimum Gasteiger partial charge on any atom is -0.358 e. The summed E-state index contributed by atoms with van der Waals surface area (Å²) in [5.74, 6) is 0.963. The normalized spacial score (nSPS) is 14.5. The number of nitrogens with one attached hydrogen (secondary N) is 1. The van der Waals surface area contributed by atoms with Gasteiger partial charge in [-0.2, -0.15) is 0 Å². The summed E-state index contributed by atoms with van der Waals surface area (Å²) in [6, 6.07) is 14.8. The molecule has 0 radical (unpaired) electrons. The van der Waals surface area contributed by atoms with Crippen molar-refractivity contribution in [1.82, 2.24) is 9.97 Å². The molecule has 0 amide bonds. The Bertz CT molecular complexity index is 874. The maximum atomic E-state index is 13.0. The van der Waals surface area contributed by atoms with Gasteiger partial charge in [0.25, 0.3) is 0 Å². The van der Waals surface area contributed by atoms with Crippen LogP contribution in [0.5, 0.6) is 0 Å². The van der Waals surface area contributed by atoms with Crippen LogP contribution < -0.4 is 4.90 Å². The molecule has 3 nitrogen and oxygen atoms in total. The predicted octanol–water partition coefficient (Wildman–Crippen LogP) is 4.99. The van der Waals surface area contributed by atoms with Gasteiger partial charge in [-0.05, 0) is 60.9 Å². The van der Waals surface area contributed by atoms with E-state index >= 15 is 0 Å². The molecule has 4 heteroatoms. The number of pyridine rings is 1. The van der Waals surface area contributed by atoms with Gasteiger partial charge in [0, 0.05) is 30.5 Å². The molecule has 0 bridgehead atoms. The summed E-state index contributed by atoms with van der Waals surface area (Å²) in [4.78, 5) is 10.3. The molecular formula is C21H20FN3. The molecule has 1 aliphatic heterocycles. The zero-order valence-electron chi connectivity index (χ0n) is 14.0. The zero-order chi connectivity index (χ0) is 17.1. The number of hydrogen-bond acceptors (Lipinski definition) is 2. The van der Waals surface area contributed by atoms with Crippen LogP contribution in [0.4, 0.5) is 10.2 Å². The van der Waals surface area contributed by atoms with Crippen LogP contribution in [-0.4, -0.2) is 23.1 Å². The third-order valence-electron chi connectivity index (χ3n) is 4.53. The average Bonchev–Trinajstić information content (AvgIpc) is 3.33. The van der Waals surface area contributed by atoms with Gasteiger partial charge in [0.2, 0.25) is 0 Å². The molecule has 0 saturated carbocycles. The van der Waals surface area contributed by atoms with Crippen LogP contribution in [0.2, 0.25) is 0 Å². The summed E-state index contributed by atoms with van der Waals surface area (Å²) in [6.45, 7) is 2.25. The summed E-state index contributed by atoms with van der Waals surface area (Å²) in [6.07, 6.45) is 8.23. The van der Waals surface area contributed by atoms with Crippen molar-refractivity contribution >= 4 is 18.0 Å². The standard InChI is InChI=1S/C21H20FN3/c22-18-6-3-16(4-7-18)5-8-19-15-17(11-12-23-19)20-9-10-21(24-20)25-13-1-2-14-25/h3-12,15,24H,1-2,13-14H2/b8-5+. The molecule has 3 heterocycles. The highest BCUT2D eigenvalue weighted by atomic mass is 19.1. The first kappa shape index (κ1) is 15.6. The summed E-state index contributed by atoms with van der Waals surface area (Å²) in [5, 5.41) is 0. The highest BCUT2D eigenvalue weighted by Crippen LogP contribution is 2.25. The molecule has 0 spiro atoms. The van der Waals surface area contributed by atoms with Gasteiger partial charge in [-0.1, -0.05) is 18.2 Å². The maximum Gasteiger partial charge on any atom is 0.123 e. The molecule has 1 aromatic carbocycles. The monoisotopic (exact) mass is 333 g/mol. The van der Waals surface area contributed by atoms with E-state index in [0.29, 0.717) is 0 Å².